The molecule has 3 aromatic rings. The summed E-state index contributed by atoms with van der Waals surface area (Å²) in [4.78, 5) is 25.3. The lowest BCUT2D eigenvalue weighted by molar-refractivity contribution is -0.117. The summed E-state index contributed by atoms with van der Waals surface area (Å²) in [5.41, 5.74) is 1.71. The van der Waals surface area contributed by atoms with Gasteiger partial charge in [-0.25, -0.2) is 4.79 Å². The zero-order valence-corrected chi connectivity index (χ0v) is 19.8. The highest BCUT2D eigenvalue weighted by atomic mass is 32.2. The van der Waals surface area contributed by atoms with E-state index in [1.807, 2.05) is 54.6 Å². The number of hydrogen-bond acceptors (Lipinski definition) is 5. The van der Waals surface area contributed by atoms with E-state index in [4.69, 9.17) is 0 Å². The largest absolute Gasteiger partial charge is 0.332 e. The summed E-state index contributed by atoms with van der Waals surface area (Å²) in [5.74, 6) is 2.01. The Balaban J connectivity index is 1.11. The molecule has 4 aliphatic carbocycles. The van der Waals surface area contributed by atoms with Gasteiger partial charge in [-0.05, 0) is 56.3 Å². The Labute approximate surface area is 203 Å². The Bertz CT molecular complexity index is 1210. The molecule has 1 aromatic heterocycles. The average Bonchev–Trinajstić information content (AvgIpc) is 2.81. The van der Waals surface area contributed by atoms with E-state index >= 15 is 0 Å². The first-order chi connectivity index (χ1) is 16.6. The van der Waals surface area contributed by atoms with Crippen LogP contribution in [0.5, 0.6) is 0 Å². The molecule has 4 fully saturated rings. The quantitative estimate of drug-likeness (QED) is 0.500. The van der Waals surface area contributed by atoms with Crippen molar-refractivity contribution in [2.45, 2.75) is 49.1 Å². The molecule has 2 N–H and O–H groups in total. The second-order valence-corrected chi connectivity index (χ2v) is 11.2. The molecule has 0 radical (unpaired) electrons. The minimum atomic E-state index is -0.358. The second-order valence-electron chi connectivity index (χ2n) is 10.3. The molecule has 0 unspecified atom stereocenters. The number of urea groups is 1. The summed E-state index contributed by atoms with van der Waals surface area (Å²) in [6.07, 6.45) is 7.13. The van der Waals surface area contributed by atoms with Gasteiger partial charge in [0, 0.05) is 21.9 Å². The molecule has 174 valence electrons. The van der Waals surface area contributed by atoms with E-state index in [9.17, 15) is 9.59 Å². The van der Waals surface area contributed by atoms with E-state index in [1.54, 1.807) is 0 Å². The van der Waals surface area contributed by atoms with Crippen molar-refractivity contribution < 1.29 is 9.59 Å². The number of imide groups is 1. The standard InChI is InChI=1S/C27H28N4O2S/c32-23(28-26(33)29-27-13-17-10-18(14-27)12-19(11-17)15-27)16-34-25-22-9-5-4-8-21(22)24(30-31-25)20-6-2-1-3-7-20/h1-9,17-19H,10-16H2,(H2,28,29,32,33). The molecule has 7 heteroatoms. The normalized spacial score (nSPS) is 27.0. The lowest BCUT2D eigenvalue weighted by atomic mass is 9.53. The van der Waals surface area contributed by atoms with Gasteiger partial charge in [-0.3, -0.25) is 10.1 Å². The van der Waals surface area contributed by atoms with Crippen molar-refractivity contribution in [3.05, 3.63) is 54.6 Å². The van der Waals surface area contributed by atoms with Crippen LogP contribution >= 0.6 is 11.8 Å². The highest BCUT2D eigenvalue weighted by Crippen LogP contribution is 2.55. The van der Waals surface area contributed by atoms with Crippen molar-refractivity contribution in [1.29, 1.82) is 0 Å². The molecular formula is C27H28N4O2S. The number of rotatable bonds is 5. The summed E-state index contributed by atoms with van der Waals surface area (Å²) in [5, 5.41) is 17.3. The zero-order valence-electron chi connectivity index (χ0n) is 19.0. The molecule has 6 nitrogen and oxygen atoms in total. The van der Waals surface area contributed by atoms with Crippen molar-refractivity contribution >= 4 is 34.5 Å². The van der Waals surface area contributed by atoms with Crippen LogP contribution in [0.4, 0.5) is 4.79 Å². The van der Waals surface area contributed by atoms with Crippen LogP contribution < -0.4 is 10.6 Å². The van der Waals surface area contributed by atoms with Gasteiger partial charge in [0.2, 0.25) is 5.91 Å². The van der Waals surface area contributed by atoms with Crippen molar-refractivity contribution in [3.8, 4) is 11.3 Å². The second kappa shape index (κ2) is 8.69. The molecule has 34 heavy (non-hydrogen) atoms. The molecule has 0 aliphatic heterocycles. The minimum absolute atomic E-state index is 0.109. The Morgan fingerprint density at radius 1 is 0.853 bits per heavy atom. The van der Waals surface area contributed by atoms with E-state index in [2.05, 4.69) is 20.8 Å². The van der Waals surface area contributed by atoms with Crippen LogP contribution in [0, 0.1) is 17.8 Å². The summed E-state index contributed by atoms with van der Waals surface area (Å²) in [6, 6.07) is 17.6. The van der Waals surface area contributed by atoms with Gasteiger partial charge in [0.15, 0.2) is 0 Å². The summed E-state index contributed by atoms with van der Waals surface area (Å²) in [7, 11) is 0. The fraction of sp³-hybridized carbons (Fsp3) is 0.407. The summed E-state index contributed by atoms with van der Waals surface area (Å²) >= 11 is 1.31. The SMILES string of the molecule is O=C(CSc1nnc(-c2ccccc2)c2ccccc12)NC(=O)NC12CC3CC(CC(C3)C1)C2. The number of carbonyl (C=O) groups is 2. The lowest BCUT2D eigenvalue weighted by Gasteiger charge is -2.56. The van der Waals surface area contributed by atoms with E-state index < -0.39 is 0 Å². The molecule has 0 saturated heterocycles. The third-order valence-electron chi connectivity index (χ3n) is 7.71. The maximum Gasteiger partial charge on any atom is 0.321 e. The fourth-order valence-electron chi connectivity index (χ4n) is 6.83. The van der Waals surface area contributed by atoms with Crippen LogP contribution in [0.15, 0.2) is 59.6 Å². The van der Waals surface area contributed by atoms with Crippen LogP contribution in [0.1, 0.15) is 38.5 Å². The van der Waals surface area contributed by atoms with E-state index in [-0.39, 0.29) is 23.2 Å². The first-order valence-corrected chi connectivity index (χ1v) is 13.1. The molecule has 4 saturated carbocycles. The van der Waals surface area contributed by atoms with Crippen LogP contribution in [-0.4, -0.2) is 33.4 Å². The highest BCUT2D eigenvalue weighted by molar-refractivity contribution is 8.00. The van der Waals surface area contributed by atoms with Gasteiger partial charge in [-0.1, -0.05) is 66.4 Å². The topological polar surface area (TPSA) is 84.0 Å². The predicted molar refractivity (Wildman–Crippen MR) is 133 cm³/mol. The van der Waals surface area contributed by atoms with Crippen LogP contribution in [0.25, 0.3) is 22.0 Å². The van der Waals surface area contributed by atoms with Gasteiger partial charge in [0.1, 0.15) is 10.7 Å². The van der Waals surface area contributed by atoms with Crippen molar-refractivity contribution in [3.63, 3.8) is 0 Å². The number of fused-ring (bicyclic) bond motifs is 1. The van der Waals surface area contributed by atoms with Crippen molar-refractivity contribution in [1.82, 2.24) is 20.8 Å². The summed E-state index contributed by atoms with van der Waals surface area (Å²) < 4.78 is 0. The smallest absolute Gasteiger partial charge is 0.321 e. The average molecular weight is 473 g/mol. The molecule has 4 aliphatic rings. The molecule has 0 atom stereocenters. The molecule has 4 bridgehead atoms. The fourth-order valence-corrected chi connectivity index (χ4v) is 7.60. The minimum Gasteiger partial charge on any atom is -0.332 e. The van der Waals surface area contributed by atoms with Gasteiger partial charge in [0.25, 0.3) is 0 Å². The Kier molecular flexibility index (Phi) is 5.52. The number of nitrogens with one attached hydrogen (secondary N) is 2. The first kappa shape index (κ1) is 21.6. The summed E-state index contributed by atoms with van der Waals surface area (Å²) in [6.45, 7) is 0. The van der Waals surface area contributed by atoms with Gasteiger partial charge in [-0.15, -0.1) is 10.2 Å². The maximum absolute atomic E-state index is 12.7. The third-order valence-corrected chi connectivity index (χ3v) is 8.69. The number of aromatic nitrogens is 2. The number of amides is 3. The molecule has 3 amide bonds. The monoisotopic (exact) mass is 472 g/mol. The lowest BCUT2D eigenvalue weighted by Crippen LogP contribution is -2.61. The zero-order chi connectivity index (χ0) is 23.1. The highest BCUT2D eigenvalue weighted by Gasteiger charge is 2.51. The van der Waals surface area contributed by atoms with Crippen LogP contribution in [0.2, 0.25) is 0 Å². The molecular weight excluding hydrogens is 444 g/mol. The van der Waals surface area contributed by atoms with Gasteiger partial charge in [-0.2, -0.15) is 0 Å². The van der Waals surface area contributed by atoms with Crippen molar-refractivity contribution in [2.24, 2.45) is 17.8 Å². The molecule has 7 rings (SSSR count). The number of hydrogen-bond donors (Lipinski definition) is 2. The maximum atomic E-state index is 12.7. The van der Waals surface area contributed by atoms with E-state index in [1.165, 1.54) is 31.0 Å². The van der Waals surface area contributed by atoms with E-state index in [0.29, 0.717) is 5.03 Å². The van der Waals surface area contributed by atoms with Crippen molar-refractivity contribution in [2.75, 3.05) is 5.75 Å². The Morgan fingerprint density at radius 2 is 1.47 bits per heavy atom. The third kappa shape index (κ3) is 4.17. The first-order valence-electron chi connectivity index (χ1n) is 12.1. The molecule has 1 heterocycles. The van der Waals surface area contributed by atoms with Gasteiger partial charge < -0.3 is 5.32 Å². The van der Waals surface area contributed by atoms with Gasteiger partial charge in [0.05, 0.1) is 5.75 Å². The van der Waals surface area contributed by atoms with Crippen LogP contribution in [0.3, 0.4) is 0 Å². The van der Waals surface area contributed by atoms with Gasteiger partial charge >= 0.3 is 6.03 Å². The Morgan fingerprint density at radius 3 is 2.15 bits per heavy atom. The number of nitrogens with zero attached hydrogens (tertiary/aromatic N) is 2. The van der Waals surface area contributed by atoms with E-state index in [0.717, 1.165) is 59.0 Å². The number of thioether (sulfide) groups is 1. The molecule has 2 aromatic carbocycles. The Hall–Kier alpha value is -2.93. The molecule has 0 spiro atoms. The van der Waals surface area contributed by atoms with Crippen LogP contribution in [-0.2, 0) is 4.79 Å². The number of carbonyl (C=O) groups excluding carboxylic acids is 2. The number of benzene rings is 2. The predicted octanol–water partition coefficient (Wildman–Crippen LogP) is 5.18.